The molecule has 0 bridgehead atoms. The Morgan fingerprint density at radius 2 is 2.14 bits per heavy atom. The molecule has 0 radical (unpaired) electrons. The summed E-state index contributed by atoms with van der Waals surface area (Å²) in [4.78, 5) is 13.5. The zero-order valence-electron chi connectivity index (χ0n) is 9.09. The molecule has 0 spiro atoms. The third kappa shape index (κ3) is 6.38. The molecular formula is C10H20BrNO2. The van der Waals surface area contributed by atoms with Crippen molar-refractivity contribution in [1.82, 2.24) is 4.90 Å². The zero-order chi connectivity index (χ0) is 10.8. The van der Waals surface area contributed by atoms with Crippen LogP contribution in [-0.2, 0) is 9.53 Å². The fourth-order valence-corrected chi connectivity index (χ4v) is 1.59. The second kappa shape index (κ2) is 9.46. The number of carbonyl (C=O) groups is 1. The first-order chi connectivity index (χ1) is 6.76. The summed E-state index contributed by atoms with van der Waals surface area (Å²) < 4.78 is 4.95. The predicted molar refractivity (Wildman–Crippen MR) is 61.8 cm³/mol. The van der Waals surface area contributed by atoms with E-state index in [4.69, 9.17) is 4.74 Å². The highest BCUT2D eigenvalue weighted by Crippen LogP contribution is 2.02. The summed E-state index contributed by atoms with van der Waals surface area (Å²) in [7, 11) is 1.66. The van der Waals surface area contributed by atoms with Crippen LogP contribution < -0.4 is 0 Å². The van der Waals surface area contributed by atoms with E-state index in [0.29, 0.717) is 19.6 Å². The second-order valence-electron chi connectivity index (χ2n) is 3.11. The van der Waals surface area contributed by atoms with Crippen LogP contribution in [0.3, 0.4) is 0 Å². The minimum Gasteiger partial charge on any atom is -0.383 e. The lowest BCUT2D eigenvalue weighted by molar-refractivity contribution is -0.131. The lowest BCUT2D eigenvalue weighted by Crippen LogP contribution is -2.33. The number of nitrogens with zero attached hydrogens (tertiary/aromatic N) is 1. The molecule has 4 heteroatoms. The number of amides is 1. The van der Waals surface area contributed by atoms with Crippen LogP contribution in [0.25, 0.3) is 0 Å². The monoisotopic (exact) mass is 265 g/mol. The number of carbonyl (C=O) groups excluding carboxylic acids is 1. The molecule has 0 rings (SSSR count). The van der Waals surface area contributed by atoms with Crippen molar-refractivity contribution in [3.05, 3.63) is 0 Å². The molecule has 0 unspecified atom stereocenters. The Hall–Kier alpha value is -0.0900. The van der Waals surface area contributed by atoms with Gasteiger partial charge in [0.2, 0.25) is 5.91 Å². The van der Waals surface area contributed by atoms with Gasteiger partial charge in [-0.2, -0.15) is 0 Å². The van der Waals surface area contributed by atoms with Crippen molar-refractivity contribution in [2.75, 3.05) is 32.1 Å². The minimum atomic E-state index is 0.241. The molecule has 0 saturated carbocycles. The first-order valence-electron chi connectivity index (χ1n) is 5.09. The van der Waals surface area contributed by atoms with Crippen LogP contribution in [0.15, 0.2) is 0 Å². The van der Waals surface area contributed by atoms with Gasteiger partial charge in [0.05, 0.1) is 6.61 Å². The van der Waals surface area contributed by atoms with Gasteiger partial charge in [0.15, 0.2) is 0 Å². The molecule has 0 aromatic carbocycles. The van der Waals surface area contributed by atoms with Crippen LogP contribution in [0.5, 0.6) is 0 Å². The van der Waals surface area contributed by atoms with Gasteiger partial charge in [-0.3, -0.25) is 4.79 Å². The molecule has 0 aromatic rings. The van der Waals surface area contributed by atoms with Crippen LogP contribution >= 0.6 is 15.9 Å². The maximum Gasteiger partial charge on any atom is 0.222 e. The van der Waals surface area contributed by atoms with E-state index in [0.717, 1.165) is 24.7 Å². The van der Waals surface area contributed by atoms with Gasteiger partial charge in [-0.25, -0.2) is 0 Å². The Kier molecular flexibility index (Phi) is 9.40. The number of alkyl halides is 1. The van der Waals surface area contributed by atoms with Gasteiger partial charge < -0.3 is 9.64 Å². The summed E-state index contributed by atoms with van der Waals surface area (Å²) in [6, 6.07) is 0. The van der Waals surface area contributed by atoms with E-state index in [1.165, 1.54) is 0 Å². The van der Waals surface area contributed by atoms with E-state index >= 15 is 0 Å². The molecule has 0 heterocycles. The van der Waals surface area contributed by atoms with E-state index in [2.05, 4.69) is 15.9 Å². The van der Waals surface area contributed by atoms with Gasteiger partial charge in [-0.05, 0) is 19.8 Å². The number of halogens is 1. The summed E-state index contributed by atoms with van der Waals surface area (Å²) in [5.74, 6) is 0.241. The van der Waals surface area contributed by atoms with Crippen molar-refractivity contribution in [3.8, 4) is 0 Å². The van der Waals surface area contributed by atoms with E-state index in [1.807, 2.05) is 11.8 Å². The normalized spacial score (nSPS) is 10.2. The highest BCUT2D eigenvalue weighted by Gasteiger charge is 2.09. The largest absolute Gasteiger partial charge is 0.383 e. The van der Waals surface area contributed by atoms with Gasteiger partial charge in [0.25, 0.3) is 0 Å². The molecule has 0 atom stereocenters. The van der Waals surface area contributed by atoms with Crippen LogP contribution in [0.2, 0.25) is 0 Å². The van der Waals surface area contributed by atoms with Crippen molar-refractivity contribution >= 4 is 21.8 Å². The topological polar surface area (TPSA) is 29.5 Å². The van der Waals surface area contributed by atoms with Crippen molar-refractivity contribution in [2.24, 2.45) is 0 Å². The number of ether oxygens (including phenoxy) is 1. The van der Waals surface area contributed by atoms with Crippen LogP contribution in [0, 0.1) is 0 Å². The number of hydrogen-bond donors (Lipinski definition) is 0. The molecule has 84 valence electrons. The molecule has 0 saturated heterocycles. The summed E-state index contributed by atoms with van der Waals surface area (Å²) in [6.45, 7) is 4.10. The Bertz CT molecular complexity index is 153. The third-order valence-corrected chi connectivity index (χ3v) is 2.63. The molecular weight excluding hydrogens is 246 g/mol. The molecule has 1 amide bonds. The third-order valence-electron chi connectivity index (χ3n) is 2.07. The molecule has 0 fully saturated rings. The van der Waals surface area contributed by atoms with E-state index < -0.39 is 0 Å². The predicted octanol–water partition coefficient (Wildman–Crippen LogP) is 2.05. The highest BCUT2D eigenvalue weighted by atomic mass is 79.9. The standard InChI is InChI=1S/C10H20BrNO2/c1-3-12(8-9-14-2)10(13)6-4-5-7-11/h3-9H2,1-2H3. The van der Waals surface area contributed by atoms with E-state index in [1.54, 1.807) is 7.11 Å². The SMILES string of the molecule is CCN(CCOC)C(=O)CCCCBr. The van der Waals surface area contributed by atoms with Gasteiger partial charge in [0, 0.05) is 32.0 Å². The number of hydrogen-bond acceptors (Lipinski definition) is 2. The Labute approximate surface area is 94.9 Å². The first kappa shape index (κ1) is 13.9. The van der Waals surface area contributed by atoms with Gasteiger partial charge in [-0.1, -0.05) is 15.9 Å². The molecule has 0 aliphatic rings. The summed E-state index contributed by atoms with van der Waals surface area (Å²) in [6.07, 6.45) is 2.68. The molecule has 0 N–H and O–H groups in total. The number of unbranched alkanes of at least 4 members (excludes halogenated alkanes) is 1. The maximum absolute atomic E-state index is 11.6. The van der Waals surface area contributed by atoms with E-state index in [9.17, 15) is 4.79 Å². The van der Waals surface area contributed by atoms with Crippen LogP contribution in [-0.4, -0.2) is 42.9 Å². The summed E-state index contributed by atoms with van der Waals surface area (Å²) >= 11 is 3.35. The first-order valence-corrected chi connectivity index (χ1v) is 6.21. The second-order valence-corrected chi connectivity index (χ2v) is 3.91. The van der Waals surface area contributed by atoms with Crippen LogP contribution in [0.1, 0.15) is 26.2 Å². The molecule has 14 heavy (non-hydrogen) atoms. The van der Waals surface area contributed by atoms with Gasteiger partial charge >= 0.3 is 0 Å². The number of methoxy groups -OCH3 is 1. The van der Waals surface area contributed by atoms with Crippen molar-refractivity contribution in [1.29, 1.82) is 0 Å². The Morgan fingerprint density at radius 1 is 1.43 bits per heavy atom. The summed E-state index contributed by atoms with van der Waals surface area (Å²) in [5, 5.41) is 0.977. The maximum atomic E-state index is 11.6. The Morgan fingerprint density at radius 3 is 2.64 bits per heavy atom. The molecule has 0 aliphatic carbocycles. The molecule has 0 aliphatic heterocycles. The number of likely N-dealkylation sites (N-methyl/N-ethyl adjacent to an activating group) is 1. The lowest BCUT2D eigenvalue weighted by atomic mass is 10.2. The quantitative estimate of drug-likeness (QED) is 0.497. The lowest BCUT2D eigenvalue weighted by Gasteiger charge is -2.20. The van der Waals surface area contributed by atoms with Crippen molar-refractivity contribution in [2.45, 2.75) is 26.2 Å². The molecule has 3 nitrogen and oxygen atoms in total. The minimum absolute atomic E-state index is 0.241. The van der Waals surface area contributed by atoms with E-state index in [-0.39, 0.29) is 5.91 Å². The number of rotatable bonds is 8. The van der Waals surface area contributed by atoms with Crippen LogP contribution in [0.4, 0.5) is 0 Å². The zero-order valence-corrected chi connectivity index (χ0v) is 10.7. The van der Waals surface area contributed by atoms with Crippen molar-refractivity contribution < 1.29 is 9.53 Å². The fourth-order valence-electron chi connectivity index (χ4n) is 1.19. The smallest absolute Gasteiger partial charge is 0.222 e. The summed E-state index contributed by atoms with van der Waals surface area (Å²) in [5.41, 5.74) is 0. The van der Waals surface area contributed by atoms with Gasteiger partial charge in [0.1, 0.15) is 0 Å². The Balaban J connectivity index is 3.67. The average Bonchev–Trinajstić information content (AvgIpc) is 2.19. The highest BCUT2D eigenvalue weighted by molar-refractivity contribution is 9.09. The van der Waals surface area contributed by atoms with Crippen molar-refractivity contribution in [3.63, 3.8) is 0 Å². The van der Waals surface area contributed by atoms with Gasteiger partial charge in [-0.15, -0.1) is 0 Å². The fraction of sp³-hybridized carbons (Fsp3) is 0.900. The average molecular weight is 266 g/mol. The molecule has 0 aromatic heterocycles.